The van der Waals surface area contributed by atoms with Crippen LogP contribution in [0, 0.1) is 0 Å². The van der Waals surface area contributed by atoms with Gasteiger partial charge >= 0.3 is 0 Å². The fourth-order valence-electron chi connectivity index (χ4n) is 2.51. The maximum atomic E-state index is 12.2. The molecule has 1 N–H and O–H groups in total. The van der Waals surface area contributed by atoms with E-state index < -0.39 is 0 Å². The van der Waals surface area contributed by atoms with Crippen molar-refractivity contribution < 1.29 is 4.79 Å². The van der Waals surface area contributed by atoms with Gasteiger partial charge in [-0.2, -0.15) is 0 Å². The molecule has 3 heterocycles. The van der Waals surface area contributed by atoms with Crippen molar-refractivity contribution in [3.8, 4) is 0 Å². The van der Waals surface area contributed by atoms with E-state index in [9.17, 15) is 4.79 Å². The maximum absolute atomic E-state index is 12.2. The van der Waals surface area contributed by atoms with Crippen LogP contribution in [0.5, 0.6) is 0 Å². The lowest BCUT2D eigenvalue weighted by Crippen LogP contribution is -2.24. The minimum atomic E-state index is 0.0100. The number of nitrogens with zero attached hydrogens (tertiary/aromatic N) is 3. The molecule has 0 saturated carbocycles. The van der Waals surface area contributed by atoms with Gasteiger partial charge in [-0.25, -0.2) is 4.98 Å². The summed E-state index contributed by atoms with van der Waals surface area (Å²) in [6.07, 6.45) is 7.61. The quantitative estimate of drug-likeness (QED) is 0.785. The molecule has 0 bridgehead atoms. The van der Waals surface area contributed by atoms with Gasteiger partial charge in [0.15, 0.2) is 0 Å². The molecule has 0 atom stereocenters. The summed E-state index contributed by atoms with van der Waals surface area (Å²) in [5.41, 5.74) is 2.99. The second-order valence-electron chi connectivity index (χ2n) is 5.12. The molecular weight excluding hydrogens is 276 g/mol. The topological polar surface area (TPSA) is 59.8 Å². The number of hydrogen-bond donors (Lipinski definition) is 1. The summed E-state index contributed by atoms with van der Waals surface area (Å²) in [6, 6.07) is 7.71. The monoisotopic (exact) mass is 294 g/mol. The van der Waals surface area contributed by atoms with E-state index in [1.54, 1.807) is 18.6 Å². The van der Waals surface area contributed by atoms with Crippen molar-refractivity contribution in [2.45, 2.75) is 26.4 Å². The molecule has 5 nitrogen and oxygen atoms in total. The lowest BCUT2D eigenvalue weighted by molar-refractivity contribution is -0.120. The van der Waals surface area contributed by atoms with Gasteiger partial charge in [-0.15, -0.1) is 0 Å². The number of nitrogens with one attached hydrogen (secondary N) is 1. The summed E-state index contributed by atoms with van der Waals surface area (Å²) in [4.78, 5) is 20.5. The van der Waals surface area contributed by atoms with Crippen LogP contribution >= 0.6 is 0 Å². The van der Waals surface area contributed by atoms with Crippen molar-refractivity contribution >= 4 is 16.9 Å². The van der Waals surface area contributed by atoms with E-state index in [2.05, 4.69) is 26.8 Å². The number of hydrogen-bond acceptors (Lipinski definition) is 3. The number of fused-ring (bicyclic) bond motifs is 1. The number of amides is 1. The zero-order valence-electron chi connectivity index (χ0n) is 12.5. The predicted molar refractivity (Wildman–Crippen MR) is 85.2 cm³/mol. The lowest BCUT2D eigenvalue weighted by atomic mass is 10.1. The molecule has 0 fully saturated rings. The van der Waals surface area contributed by atoms with E-state index in [0.717, 1.165) is 28.7 Å². The Kier molecular flexibility index (Phi) is 4.14. The highest BCUT2D eigenvalue weighted by atomic mass is 16.1. The van der Waals surface area contributed by atoms with Gasteiger partial charge in [-0.1, -0.05) is 0 Å². The Morgan fingerprint density at radius 2 is 2.05 bits per heavy atom. The summed E-state index contributed by atoms with van der Waals surface area (Å²) in [6.45, 7) is 3.43. The van der Waals surface area contributed by atoms with Crippen molar-refractivity contribution in [3.05, 3.63) is 60.2 Å². The van der Waals surface area contributed by atoms with E-state index in [1.807, 2.05) is 30.5 Å². The van der Waals surface area contributed by atoms with Crippen molar-refractivity contribution in [3.63, 3.8) is 0 Å². The van der Waals surface area contributed by atoms with Crippen LogP contribution in [0.25, 0.3) is 11.0 Å². The lowest BCUT2D eigenvalue weighted by Gasteiger charge is -2.04. The Bertz CT molecular complexity index is 780. The standard InChI is InChI=1S/C17H18N4O/c1-2-21-12-14(15-4-3-7-19-17(15)21)10-16(22)20-11-13-5-8-18-9-6-13/h3-9,12H,2,10-11H2,1H3,(H,20,22). The molecule has 0 radical (unpaired) electrons. The molecule has 0 aliphatic carbocycles. The van der Waals surface area contributed by atoms with Gasteiger partial charge in [0.1, 0.15) is 5.65 Å². The molecule has 112 valence electrons. The van der Waals surface area contributed by atoms with Crippen LogP contribution in [-0.2, 0) is 24.3 Å². The van der Waals surface area contributed by atoms with Crippen LogP contribution in [0.1, 0.15) is 18.1 Å². The fraction of sp³-hybridized carbons (Fsp3) is 0.235. The highest BCUT2D eigenvalue weighted by molar-refractivity contribution is 5.87. The Morgan fingerprint density at radius 1 is 1.23 bits per heavy atom. The number of aryl methyl sites for hydroxylation is 1. The third-order valence-electron chi connectivity index (χ3n) is 3.65. The molecule has 22 heavy (non-hydrogen) atoms. The van der Waals surface area contributed by atoms with Crippen molar-refractivity contribution in [2.75, 3.05) is 0 Å². The van der Waals surface area contributed by atoms with Gasteiger partial charge in [0.05, 0.1) is 6.42 Å². The van der Waals surface area contributed by atoms with Crippen molar-refractivity contribution in [1.82, 2.24) is 19.9 Å². The molecule has 0 aliphatic heterocycles. The normalized spacial score (nSPS) is 10.8. The highest BCUT2D eigenvalue weighted by Crippen LogP contribution is 2.19. The molecule has 0 aromatic carbocycles. The van der Waals surface area contributed by atoms with Crippen LogP contribution in [0.4, 0.5) is 0 Å². The molecule has 3 aromatic heterocycles. The summed E-state index contributed by atoms with van der Waals surface area (Å²) in [5, 5.41) is 3.99. The molecule has 0 aliphatic rings. The molecule has 0 unspecified atom stereocenters. The smallest absolute Gasteiger partial charge is 0.224 e. The summed E-state index contributed by atoms with van der Waals surface area (Å²) in [7, 11) is 0. The van der Waals surface area contributed by atoms with E-state index in [4.69, 9.17) is 0 Å². The third-order valence-corrected chi connectivity index (χ3v) is 3.65. The molecule has 3 rings (SSSR count). The van der Waals surface area contributed by atoms with E-state index in [1.165, 1.54) is 0 Å². The molecular formula is C17H18N4O. The summed E-state index contributed by atoms with van der Waals surface area (Å²) >= 11 is 0. The van der Waals surface area contributed by atoms with Gasteiger partial charge in [0, 0.05) is 43.3 Å². The Morgan fingerprint density at radius 3 is 2.82 bits per heavy atom. The minimum absolute atomic E-state index is 0.0100. The van der Waals surface area contributed by atoms with Crippen LogP contribution in [0.2, 0.25) is 0 Å². The largest absolute Gasteiger partial charge is 0.352 e. The maximum Gasteiger partial charge on any atom is 0.224 e. The van der Waals surface area contributed by atoms with Gasteiger partial charge in [-0.3, -0.25) is 9.78 Å². The molecule has 0 spiro atoms. The Hall–Kier alpha value is -2.69. The fourth-order valence-corrected chi connectivity index (χ4v) is 2.51. The highest BCUT2D eigenvalue weighted by Gasteiger charge is 2.11. The summed E-state index contributed by atoms with van der Waals surface area (Å²) < 4.78 is 2.07. The zero-order chi connectivity index (χ0) is 15.4. The second kappa shape index (κ2) is 6.39. The van der Waals surface area contributed by atoms with E-state index >= 15 is 0 Å². The first-order chi connectivity index (χ1) is 10.8. The SMILES string of the molecule is CCn1cc(CC(=O)NCc2ccncc2)c2cccnc21. The molecule has 0 saturated heterocycles. The van der Waals surface area contributed by atoms with E-state index in [0.29, 0.717) is 13.0 Å². The van der Waals surface area contributed by atoms with Gasteiger partial charge < -0.3 is 9.88 Å². The summed E-state index contributed by atoms with van der Waals surface area (Å²) in [5.74, 6) is 0.0100. The van der Waals surface area contributed by atoms with E-state index in [-0.39, 0.29) is 5.91 Å². The van der Waals surface area contributed by atoms with Crippen molar-refractivity contribution in [1.29, 1.82) is 0 Å². The Labute approximate surface area is 129 Å². The van der Waals surface area contributed by atoms with Crippen LogP contribution < -0.4 is 5.32 Å². The third kappa shape index (κ3) is 2.98. The second-order valence-corrected chi connectivity index (χ2v) is 5.12. The first kappa shape index (κ1) is 14.3. The first-order valence-corrected chi connectivity index (χ1v) is 7.36. The number of rotatable bonds is 5. The van der Waals surface area contributed by atoms with Gasteiger partial charge in [-0.05, 0) is 42.3 Å². The van der Waals surface area contributed by atoms with Gasteiger partial charge in [0.2, 0.25) is 5.91 Å². The number of aromatic nitrogens is 3. The van der Waals surface area contributed by atoms with Gasteiger partial charge in [0.25, 0.3) is 0 Å². The average Bonchev–Trinajstić information content (AvgIpc) is 2.92. The molecule has 3 aromatic rings. The van der Waals surface area contributed by atoms with Crippen LogP contribution in [0.15, 0.2) is 49.1 Å². The average molecular weight is 294 g/mol. The molecule has 5 heteroatoms. The first-order valence-electron chi connectivity index (χ1n) is 7.36. The van der Waals surface area contributed by atoms with Crippen LogP contribution in [-0.4, -0.2) is 20.4 Å². The zero-order valence-corrected chi connectivity index (χ0v) is 12.5. The van der Waals surface area contributed by atoms with Crippen LogP contribution in [0.3, 0.4) is 0 Å². The molecule has 1 amide bonds. The minimum Gasteiger partial charge on any atom is -0.352 e. The number of pyridine rings is 2. The number of carbonyl (C=O) groups excluding carboxylic acids is 1. The van der Waals surface area contributed by atoms with Crippen molar-refractivity contribution in [2.24, 2.45) is 0 Å². The number of carbonyl (C=O) groups is 1. The predicted octanol–water partition coefficient (Wildman–Crippen LogP) is 2.31. The Balaban J connectivity index is 1.71.